The third kappa shape index (κ3) is 2.93. The van der Waals surface area contributed by atoms with E-state index < -0.39 is 0 Å². The van der Waals surface area contributed by atoms with Crippen LogP contribution >= 0.6 is 27.5 Å². The number of hydrogen-bond donors (Lipinski definition) is 1. The molecule has 2 atom stereocenters. The summed E-state index contributed by atoms with van der Waals surface area (Å²) in [6.07, 6.45) is 0.622. The van der Waals surface area contributed by atoms with Gasteiger partial charge in [-0.2, -0.15) is 0 Å². The molecule has 2 aromatic carbocycles. The summed E-state index contributed by atoms with van der Waals surface area (Å²) in [6.45, 7) is 0. The molecule has 5 heteroatoms. The zero-order valence-corrected chi connectivity index (χ0v) is 13.7. The van der Waals surface area contributed by atoms with Gasteiger partial charge in [0.05, 0.1) is 5.02 Å². The molecule has 110 valence electrons. The second kappa shape index (κ2) is 5.95. The van der Waals surface area contributed by atoms with Crippen molar-refractivity contribution in [2.45, 2.75) is 18.6 Å². The fourth-order valence-electron chi connectivity index (χ4n) is 2.63. The minimum Gasteiger partial charge on any atom is -0.485 e. The molecular formula is C16H14BrClFNO. The Morgan fingerprint density at radius 2 is 2.10 bits per heavy atom. The molecular weight excluding hydrogens is 357 g/mol. The Balaban J connectivity index is 1.96. The van der Waals surface area contributed by atoms with Gasteiger partial charge in [0, 0.05) is 22.5 Å². The van der Waals surface area contributed by atoms with Gasteiger partial charge in [0.2, 0.25) is 0 Å². The molecule has 1 aliphatic rings. The largest absolute Gasteiger partial charge is 0.485 e. The van der Waals surface area contributed by atoms with Gasteiger partial charge >= 0.3 is 0 Å². The summed E-state index contributed by atoms with van der Waals surface area (Å²) in [7, 11) is 1.87. The maximum Gasteiger partial charge on any atom is 0.126 e. The first-order valence-electron chi connectivity index (χ1n) is 6.67. The van der Waals surface area contributed by atoms with Crippen molar-refractivity contribution in [3.05, 3.63) is 62.8 Å². The zero-order valence-electron chi connectivity index (χ0n) is 11.4. The predicted octanol–water partition coefficient (Wildman–Crippen LogP) is 5.03. The molecule has 2 aromatic rings. The van der Waals surface area contributed by atoms with Crippen molar-refractivity contribution in [3.8, 4) is 5.75 Å². The summed E-state index contributed by atoms with van der Waals surface area (Å²) in [5.41, 5.74) is 1.87. The minimum absolute atomic E-state index is 0.0527. The lowest BCUT2D eigenvalue weighted by Crippen LogP contribution is -2.26. The molecule has 2 nitrogen and oxygen atoms in total. The maximum atomic E-state index is 13.4. The van der Waals surface area contributed by atoms with Gasteiger partial charge in [-0.3, -0.25) is 0 Å². The van der Waals surface area contributed by atoms with Crippen LogP contribution in [0.3, 0.4) is 0 Å². The zero-order chi connectivity index (χ0) is 15.0. The van der Waals surface area contributed by atoms with Crippen LogP contribution < -0.4 is 10.1 Å². The summed E-state index contributed by atoms with van der Waals surface area (Å²) in [4.78, 5) is 0. The van der Waals surface area contributed by atoms with E-state index in [2.05, 4.69) is 21.2 Å². The van der Waals surface area contributed by atoms with E-state index in [-0.39, 0.29) is 18.0 Å². The van der Waals surface area contributed by atoms with Crippen LogP contribution in [0.25, 0.3) is 0 Å². The van der Waals surface area contributed by atoms with Crippen LogP contribution in [-0.4, -0.2) is 7.05 Å². The number of fused-ring (bicyclic) bond motifs is 1. The molecule has 1 aliphatic heterocycles. The molecule has 1 N–H and O–H groups in total. The monoisotopic (exact) mass is 369 g/mol. The number of nitrogens with one attached hydrogen (secondary N) is 1. The second-order valence-corrected chi connectivity index (χ2v) is 6.30. The Bertz CT molecular complexity index is 679. The van der Waals surface area contributed by atoms with Crippen molar-refractivity contribution in [2.75, 3.05) is 7.05 Å². The first kappa shape index (κ1) is 14.8. The van der Waals surface area contributed by atoms with Crippen LogP contribution in [0.4, 0.5) is 4.39 Å². The fraction of sp³-hybridized carbons (Fsp3) is 0.250. The molecule has 0 spiro atoms. The van der Waals surface area contributed by atoms with E-state index >= 15 is 0 Å². The summed E-state index contributed by atoms with van der Waals surface area (Å²) >= 11 is 9.54. The van der Waals surface area contributed by atoms with Gasteiger partial charge in [-0.25, -0.2) is 4.39 Å². The molecule has 3 rings (SSSR count). The Morgan fingerprint density at radius 3 is 2.81 bits per heavy atom. The van der Waals surface area contributed by atoms with Gasteiger partial charge in [0.25, 0.3) is 0 Å². The van der Waals surface area contributed by atoms with Crippen molar-refractivity contribution in [3.63, 3.8) is 0 Å². The summed E-state index contributed by atoms with van der Waals surface area (Å²) in [5.74, 6) is 0.466. The average molecular weight is 371 g/mol. The van der Waals surface area contributed by atoms with E-state index in [0.717, 1.165) is 22.0 Å². The van der Waals surface area contributed by atoms with Gasteiger partial charge < -0.3 is 10.1 Å². The first-order chi connectivity index (χ1) is 10.1. The van der Waals surface area contributed by atoms with Gasteiger partial charge in [-0.05, 0) is 58.9 Å². The highest BCUT2D eigenvalue weighted by atomic mass is 79.9. The molecule has 0 aliphatic carbocycles. The molecule has 0 saturated carbocycles. The highest BCUT2D eigenvalue weighted by Gasteiger charge is 2.29. The lowest BCUT2D eigenvalue weighted by molar-refractivity contribution is 0.153. The Kier molecular flexibility index (Phi) is 4.20. The smallest absolute Gasteiger partial charge is 0.126 e. The van der Waals surface area contributed by atoms with E-state index in [4.69, 9.17) is 16.3 Å². The predicted molar refractivity (Wildman–Crippen MR) is 85.3 cm³/mol. The third-order valence-corrected chi connectivity index (χ3v) is 4.96. The minimum atomic E-state index is -0.247. The van der Waals surface area contributed by atoms with Crippen LogP contribution in [0.1, 0.15) is 29.7 Å². The van der Waals surface area contributed by atoms with Crippen molar-refractivity contribution in [1.29, 1.82) is 0 Å². The molecule has 0 fully saturated rings. The van der Waals surface area contributed by atoms with Gasteiger partial charge in [0.15, 0.2) is 0 Å². The lowest BCUT2D eigenvalue weighted by atomic mass is 9.93. The van der Waals surface area contributed by atoms with Crippen molar-refractivity contribution in [1.82, 2.24) is 5.32 Å². The Hall–Kier alpha value is -1.10. The molecule has 0 bridgehead atoms. The van der Waals surface area contributed by atoms with Crippen LogP contribution in [0.2, 0.25) is 5.02 Å². The van der Waals surface area contributed by atoms with E-state index in [1.165, 1.54) is 12.1 Å². The number of ether oxygens (including phenoxy) is 1. The quantitative estimate of drug-likeness (QED) is 0.801. The third-order valence-electron chi connectivity index (χ3n) is 3.73. The molecule has 0 saturated heterocycles. The van der Waals surface area contributed by atoms with Crippen LogP contribution in [0.5, 0.6) is 5.75 Å². The normalized spacial score (nSPS) is 20.8. The number of halogens is 3. The molecule has 21 heavy (non-hydrogen) atoms. The fourth-order valence-corrected chi connectivity index (χ4v) is 3.07. The van der Waals surface area contributed by atoms with Crippen molar-refractivity contribution >= 4 is 27.5 Å². The molecule has 0 radical (unpaired) electrons. The van der Waals surface area contributed by atoms with Crippen LogP contribution in [0.15, 0.2) is 40.9 Å². The van der Waals surface area contributed by atoms with E-state index in [9.17, 15) is 4.39 Å². The van der Waals surface area contributed by atoms with Crippen LogP contribution in [-0.2, 0) is 0 Å². The van der Waals surface area contributed by atoms with E-state index in [0.29, 0.717) is 10.8 Å². The topological polar surface area (TPSA) is 21.3 Å². The number of hydrogen-bond acceptors (Lipinski definition) is 2. The Morgan fingerprint density at radius 1 is 1.29 bits per heavy atom. The first-order valence-corrected chi connectivity index (χ1v) is 7.84. The molecule has 0 amide bonds. The second-order valence-electron chi connectivity index (χ2n) is 5.04. The van der Waals surface area contributed by atoms with Crippen LogP contribution in [0, 0.1) is 5.82 Å². The van der Waals surface area contributed by atoms with E-state index in [1.54, 1.807) is 6.07 Å². The SMILES string of the molecule is CNC1CC(c2ccc(Br)c(Cl)c2)Oc2ccc(F)cc21. The van der Waals surface area contributed by atoms with Gasteiger partial charge in [0.1, 0.15) is 17.7 Å². The average Bonchev–Trinajstić information content (AvgIpc) is 2.49. The molecule has 2 unspecified atom stereocenters. The molecule has 0 aromatic heterocycles. The standard InChI is InChI=1S/C16H14BrClFNO/c1-20-14-8-16(9-2-4-12(17)13(18)6-9)21-15-5-3-10(19)7-11(14)15/h2-7,14,16,20H,8H2,1H3. The molecule has 1 heterocycles. The maximum absolute atomic E-state index is 13.4. The highest BCUT2D eigenvalue weighted by molar-refractivity contribution is 9.10. The Labute approximate surface area is 136 Å². The lowest BCUT2D eigenvalue weighted by Gasteiger charge is -2.32. The summed E-state index contributed by atoms with van der Waals surface area (Å²) in [5, 5.41) is 3.88. The van der Waals surface area contributed by atoms with E-state index in [1.807, 2.05) is 25.2 Å². The van der Waals surface area contributed by atoms with Gasteiger partial charge in [-0.1, -0.05) is 17.7 Å². The summed E-state index contributed by atoms with van der Waals surface area (Å²) < 4.78 is 20.3. The van der Waals surface area contributed by atoms with Gasteiger partial charge in [-0.15, -0.1) is 0 Å². The van der Waals surface area contributed by atoms with Crippen molar-refractivity contribution in [2.24, 2.45) is 0 Å². The van der Waals surface area contributed by atoms with Crippen molar-refractivity contribution < 1.29 is 9.13 Å². The number of benzene rings is 2. The highest BCUT2D eigenvalue weighted by Crippen LogP contribution is 2.41. The number of rotatable bonds is 2. The summed E-state index contributed by atoms with van der Waals surface area (Å²) in [6, 6.07) is 10.5.